The third kappa shape index (κ3) is 4.04. The van der Waals surface area contributed by atoms with E-state index < -0.39 is 16.1 Å². The van der Waals surface area contributed by atoms with Crippen molar-refractivity contribution < 1.29 is 12.9 Å². The number of aromatic amines is 1. The topological polar surface area (TPSA) is 123 Å². The predicted molar refractivity (Wildman–Crippen MR) is 116 cm³/mol. The largest absolute Gasteiger partial charge is 0.337 e. The average molecular weight is 442 g/mol. The Kier molecular flexibility index (Phi) is 5.50. The first kappa shape index (κ1) is 21.0. The van der Waals surface area contributed by atoms with E-state index in [9.17, 15) is 13.2 Å². The lowest BCUT2D eigenvalue weighted by atomic mass is 10.1. The van der Waals surface area contributed by atoms with Crippen LogP contribution < -0.4 is 10.4 Å². The molecule has 2 N–H and O–H groups in total. The van der Waals surface area contributed by atoms with Crippen LogP contribution in [0, 0.1) is 5.92 Å². The fourth-order valence-electron chi connectivity index (χ4n) is 3.40. The normalized spacial score (nSPS) is 13.2. The van der Waals surface area contributed by atoms with E-state index in [0.29, 0.717) is 23.4 Å². The summed E-state index contributed by atoms with van der Waals surface area (Å²) in [5.41, 5.74) is 1.93. The lowest BCUT2D eigenvalue weighted by Gasteiger charge is -2.18. The molecule has 162 valence electrons. The van der Waals surface area contributed by atoms with Gasteiger partial charge in [-0.1, -0.05) is 37.2 Å². The molecule has 1 atom stereocenters. The number of nitrogens with one attached hydrogen (secondary N) is 2. The van der Waals surface area contributed by atoms with E-state index >= 15 is 0 Å². The molecule has 2 heterocycles. The van der Waals surface area contributed by atoms with Crippen molar-refractivity contribution in [3.63, 3.8) is 0 Å². The van der Waals surface area contributed by atoms with E-state index in [2.05, 4.69) is 19.8 Å². The van der Waals surface area contributed by atoms with Gasteiger partial charge in [0.2, 0.25) is 21.7 Å². The number of hydrogen-bond donors (Lipinski definition) is 2. The Morgan fingerprint density at radius 3 is 2.58 bits per heavy atom. The Labute approximate surface area is 179 Å². The van der Waals surface area contributed by atoms with E-state index in [1.54, 1.807) is 34.9 Å². The first-order chi connectivity index (χ1) is 14.8. The molecule has 9 nitrogen and oxygen atoms in total. The van der Waals surface area contributed by atoms with Crippen molar-refractivity contribution in [2.45, 2.75) is 38.3 Å². The van der Waals surface area contributed by atoms with Crippen molar-refractivity contribution in [2.24, 2.45) is 5.92 Å². The van der Waals surface area contributed by atoms with E-state index in [4.69, 9.17) is 4.52 Å². The summed E-state index contributed by atoms with van der Waals surface area (Å²) in [4.78, 5) is 19.4. The number of H-pyrrole nitrogens is 1. The minimum atomic E-state index is -3.76. The zero-order chi connectivity index (χ0) is 22.2. The molecule has 0 bridgehead atoms. The first-order valence-corrected chi connectivity index (χ1v) is 11.4. The van der Waals surface area contributed by atoms with E-state index in [1.807, 2.05) is 26.8 Å². The van der Waals surface area contributed by atoms with Gasteiger partial charge in [-0.2, -0.15) is 9.71 Å². The highest BCUT2D eigenvalue weighted by atomic mass is 32.2. The number of aryl methyl sites for hydroxylation is 1. The van der Waals surface area contributed by atoms with Crippen LogP contribution in [0.15, 0.2) is 62.7 Å². The molecule has 0 amide bonds. The van der Waals surface area contributed by atoms with Gasteiger partial charge in [0.25, 0.3) is 0 Å². The third-order valence-electron chi connectivity index (χ3n) is 5.06. The number of rotatable bonds is 7. The number of fused-ring (bicyclic) bond motifs is 1. The molecule has 0 aliphatic carbocycles. The summed E-state index contributed by atoms with van der Waals surface area (Å²) >= 11 is 0. The van der Waals surface area contributed by atoms with Crippen LogP contribution in [0.4, 0.5) is 0 Å². The fraction of sp³-hybridized carbons (Fsp3) is 0.286. The van der Waals surface area contributed by atoms with Gasteiger partial charge in [-0.3, -0.25) is 4.57 Å². The van der Waals surface area contributed by atoms with E-state index in [-0.39, 0.29) is 22.4 Å². The molecule has 4 rings (SSSR count). The van der Waals surface area contributed by atoms with Gasteiger partial charge in [-0.05, 0) is 43.2 Å². The van der Waals surface area contributed by atoms with Crippen LogP contribution in [0.1, 0.15) is 32.7 Å². The molecule has 0 radical (unpaired) electrons. The maximum Gasteiger partial charge on any atom is 0.326 e. The molecule has 10 heteroatoms. The summed E-state index contributed by atoms with van der Waals surface area (Å²) in [6.07, 6.45) is 0. The van der Waals surface area contributed by atoms with Crippen LogP contribution in [0.5, 0.6) is 0 Å². The predicted octanol–water partition coefficient (Wildman–Crippen LogP) is 3.08. The van der Waals surface area contributed by atoms with Crippen molar-refractivity contribution in [3.05, 3.63) is 64.9 Å². The molecule has 0 aliphatic rings. The lowest BCUT2D eigenvalue weighted by Crippen LogP contribution is -2.32. The molecular formula is C21H23N5O4S. The Hall–Kier alpha value is -3.24. The Balaban J connectivity index is 1.66. The number of aromatic nitrogens is 4. The minimum absolute atomic E-state index is 0.135. The number of nitrogens with zero attached hydrogens (tertiary/aromatic N) is 3. The second kappa shape index (κ2) is 8.12. The smallest absolute Gasteiger partial charge is 0.326 e. The van der Waals surface area contributed by atoms with Gasteiger partial charge in [-0.25, -0.2) is 13.2 Å². The Morgan fingerprint density at radius 2 is 1.90 bits per heavy atom. The van der Waals surface area contributed by atoms with Crippen LogP contribution in [-0.4, -0.2) is 28.1 Å². The highest BCUT2D eigenvalue weighted by Gasteiger charge is 2.28. The van der Waals surface area contributed by atoms with Gasteiger partial charge in [0.1, 0.15) is 6.04 Å². The van der Waals surface area contributed by atoms with Gasteiger partial charge in [-0.15, -0.1) is 0 Å². The Bertz CT molecular complexity index is 1370. The van der Waals surface area contributed by atoms with Gasteiger partial charge in [0.15, 0.2) is 0 Å². The van der Waals surface area contributed by atoms with Crippen molar-refractivity contribution in [1.29, 1.82) is 0 Å². The molecule has 2 aromatic heterocycles. The first-order valence-electron chi connectivity index (χ1n) is 9.94. The molecule has 4 aromatic rings. The van der Waals surface area contributed by atoms with Crippen molar-refractivity contribution in [1.82, 2.24) is 24.4 Å². The summed E-state index contributed by atoms with van der Waals surface area (Å²) < 4.78 is 35.3. The van der Waals surface area contributed by atoms with Crippen molar-refractivity contribution in [2.75, 3.05) is 0 Å². The maximum absolute atomic E-state index is 12.8. The SMILES string of the molecule is CCn1c(=O)[nH]c2cc(-c3noc(C(NS(=O)(=O)c4ccccc4)C(C)C)n3)ccc21. The molecule has 1 unspecified atom stereocenters. The summed E-state index contributed by atoms with van der Waals surface area (Å²) in [6, 6.07) is 12.8. The summed E-state index contributed by atoms with van der Waals surface area (Å²) in [7, 11) is -3.76. The van der Waals surface area contributed by atoms with Crippen LogP contribution in [0.2, 0.25) is 0 Å². The number of imidazole rings is 1. The molecule has 0 fully saturated rings. The van der Waals surface area contributed by atoms with Gasteiger partial charge in [0.05, 0.1) is 15.9 Å². The second-order valence-electron chi connectivity index (χ2n) is 7.52. The zero-order valence-electron chi connectivity index (χ0n) is 17.4. The highest BCUT2D eigenvalue weighted by Crippen LogP contribution is 2.26. The summed E-state index contributed by atoms with van der Waals surface area (Å²) in [5, 5.41) is 4.03. The molecule has 31 heavy (non-hydrogen) atoms. The van der Waals surface area contributed by atoms with E-state index in [0.717, 1.165) is 5.52 Å². The number of hydrogen-bond acceptors (Lipinski definition) is 6. The molecule has 0 spiro atoms. The molecule has 0 saturated carbocycles. The minimum Gasteiger partial charge on any atom is -0.337 e. The van der Waals surface area contributed by atoms with Crippen LogP contribution in [0.3, 0.4) is 0 Å². The fourth-order valence-corrected chi connectivity index (χ4v) is 4.76. The molecular weight excluding hydrogens is 418 g/mol. The van der Waals surface area contributed by atoms with Gasteiger partial charge >= 0.3 is 5.69 Å². The number of sulfonamides is 1. The summed E-state index contributed by atoms with van der Waals surface area (Å²) in [5.74, 6) is 0.347. The number of benzene rings is 2. The second-order valence-corrected chi connectivity index (χ2v) is 9.23. The average Bonchev–Trinajstić information content (AvgIpc) is 3.35. The monoisotopic (exact) mass is 441 g/mol. The van der Waals surface area contributed by atoms with Crippen LogP contribution in [0.25, 0.3) is 22.4 Å². The third-order valence-corrected chi connectivity index (χ3v) is 6.52. The van der Waals surface area contributed by atoms with E-state index in [1.165, 1.54) is 12.1 Å². The molecule has 0 aliphatic heterocycles. The van der Waals surface area contributed by atoms with Crippen LogP contribution in [-0.2, 0) is 16.6 Å². The molecule has 0 saturated heterocycles. The summed E-state index contributed by atoms with van der Waals surface area (Å²) in [6.45, 7) is 6.19. The molecule has 2 aromatic carbocycles. The Morgan fingerprint density at radius 1 is 1.16 bits per heavy atom. The van der Waals surface area contributed by atoms with Gasteiger partial charge < -0.3 is 9.51 Å². The quantitative estimate of drug-likeness (QED) is 0.454. The van der Waals surface area contributed by atoms with Crippen molar-refractivity contribution in [3.8, 4) is 11.4 Å². The van der Waals surface area contributed by atoms with Crippen LogP contribution >= 0.6 is 0 Å². The lowest BCUT2D eigenvalue weighted by molar-refractivity contribution is 0.311. The highest BCUT2D eigenvalue weighted by molar-refractivity contribution is 7.89. The maximum atomic E-state index is 12.8. The van der Waals surface area contributed by atoms with Gasteiger partial charge in [0, 0.05) is 12.1 Å². The van der Waals surface area contributed by atoms with Crippen molar-refractivity contribution >= 4 is 21.1 Å². The standard InChI is InChI=1S/C21H23N5O4S/c1-4-26-17-11-10-14(12-16(17)22-21(26)27)19-23-20(30-24-19)18(13(2)3)25-31(28,29)15-8-6-5-7-9-15/h5-13,18,25H,4H2,1-3H3,(H,22,27). The zero-order valence-corrected chi connectivity index (χ0v) is 18.2.